The number of hydrogen-bond donors (Lipinski definition) is 0. The van der Waals surface area contributed by atoms with Crippen LogP contribution in [-0.2, 0) is 0 Å². The summed E-state index contributed by atoms with van der Waals surface area (Å²) >= 11 is 0. The van der Waals surface area contributed by atoms with Gasteiger partial charge < -0.3 is 9.15 Å². The molecule has 2 heterocycles. The maximum atomic E-state index is 13.7. The predicted molar refractivity (Wildman–Crippen MR) is 160 cm³/mol. The van der Waals surface area contributed by atoms with Gasteiger partial charge in [0.1, 0.15) is 17.3 Å². The molecule has 41 heavy (non-hydrogen) atoms. The van der Waals surface area contributed by atoms with Gasteiger partial charge in [0, 0.05) is 22.8 Å². The van der Waals surface area contributed by atoms with E-state index in [2.05, 4.69) is 18.9 Å². The van der Waals surface area contributed by atoms with E-state index in [1.807, 2.05) is 32.0 Å². The minimum absolute atomic E-state index is 0.0130. The Balaban J connectivity index is 1.63. The van der Waals surface area contributed by atoms with Crippen LogP contribution in [0.15, 0.2) is 81.0 Å². The molecule has 0 aliphatic rings. The van der Waals surface area contributed by atoms with Crippen LogP contribution in [0.4, 0.5) is 5.69 Å². The maximum absolute atomic E-state index is 13.7. The van der Waals surface area contributed by atoms with Crippen molar-refractivity contribution in [3.05, 3.63) is 110 Å². The van der Waals surface area contributed by atoms with Gasteiger partial charge in [-0.2, -0.15) is 9.78 Å². The average Bonchev–Trinajstić information content (AvgIpc) is 3.42. The number of aromatic nitrogens is 2. The molecule has 0 spiro atoms. The number of benzene rings is 3. The van der Waals surface area contributed by atoms with Crippen molar-refractivity contribution in [3.63, 3.8) is 0 Å². The molecule has 0 atom stereocenters. The zero-order chi connectivity index (χ0) is 29.3. The summed E-state index contributed by atoms with van der Waals surface area (Å²) in [6.45, 7) is 10.3. The molecule has 0 unspecified atom stereocenters. The van der Waals surface area contributed by atoms with E-state index in [9.17, 15) is 14.9 Å². The van der Waals surface area contributed by atoms with Crippen LogP contribution in [0.1, 0.15) is 49.1 Å². The molecule has 0 fully saturated rings. The standard InChI is InChI=1S/C32H30N4O5/c1-6-40-30-15-21(5)26(17-25(30)19(2)3)31-34-27-10-8-7-9-24(27)32(37)35(31)33-18-23-13-14-29(41-23)22-12-11-20(4)28(16-22)36(38)39/h7-19H,6H2,1-5H3. The summed E-state index contributed by atoms with van der Waals surface area (Å²) in [7, 11) is 0. The van der Waals surface area contributed by atoms with Crippen LogP contribution in [0.2, 0.25) is 0 Å². The first-order valence-electron chi connectivity index (χ1n) is 13.4. The lowest BCUT2D eigenvalue weighted by atomic mass is 9.96. The van der Waals surface area contributed by atoms with Gasteiger partial charge in [-0.05, 0) is 74.2 Å². The first kappa shape index (κ1) is 27.5. The summed E-state index contributed by atoms with van der Waals surface area (Å²) in [5.41, 5.74) is 4.06. The Morgan fingerprint density at radius 2 is 1.85 bits per heavy atom. The van der Waals surface area contributed by atoms with Crippen LogP contribution >= 0.6 is 0 Å². The van der Waals surface area contributed by atoms with Crippen LogP contribution in [-0.4, -0.2) is 27.4 Å². The number of furan rings is 1. The molecule has 208 valence electrons. The van der Waals surface area contributed by atoms with E-state index in [0.29, 0.717) is 46.0 Å². The molecule has 0 saturated carbocycles. The topological polar surface area (TPSA) is 113 Å². The number of para-hydroxylation sites is 1. The third-order valence-corrected chi connectivity index (χ3v) is 6.89. The van der Waals surface area contributed by atoms with Crippen molar-refractivity contribution in [1.29, 1.82) is 0 Å². The molecule has 0 amide bonds. The summed E-state index contributed by atoms with van der Waals surface area (Å²) in [5.74, 6) is 2.21. The van der Waals surface area contributed by atoms with Gasteiger partial charge in [0.25, 0.3) is 11.2 Å². The SMILES string of the molecule is CCOc1cc(C)c(-c2nc3ccccc3c(=O)n2N=Cc2ccc(-c3ccc(C)c([N+](=O)[O-])c3)o2)cc1C(C)C. The van der Waals surface area contributed by atoms with E-state index in [-0.39, 0.29) is 17.2 Å². The molecule has 2 aromatic heterocycles. The quantitative estimate of drug-likeness (QED) is 0.114. The number of aryl methyl sites for hydroxylation is 2. The van der Waals surface area contributed by atoms with Crippen molar-refractivity contribution in [2.45, 2.75) is 40.5 Å². The summed E-state index contributed by atoms with van der Waals surface area (Å²) < 4.78 is 13.1. The van der Waals surface area contributed by atoms with Gasteiger partial charge in [0.15, 0.2) is 5.82 Å². The van der Waals surface area contributed by atoms with E-state index in [0.717, 1.165) is 22.4 Å². The Labute approximate surface area is 236 Å². The Bertz CT molecular complexity index is 1870. The number of ether oxygens (including phenoxy) is 1. The Kier molecular flexibility index (Phi) is 7.52. The Hall–Kier alpha value is -5.05. The van der Waals surface area contributed by atoms with Gasteiger partial charge in [-0.1, -0.05) is 38.1 Å². The molecule has 0 radical (unpaired) electrons. The van der Waals surface area contributed by atoms with Crippen LogP contribution in [0.3, 0.4) is 0 Å². The summed E-state index contributed by atoms with van der Waals surface area (Å²) in [6.07, 6.45) is 1.45. The molecule has 0 N–H and O–H groups in total. The van der Waals surface area contributed by atoms with E-state index < -0.39 is 4.92 Å². The fraction of sp³-hybridized carbons (Fsp3) is 0.219. The van der Waals surface area contributed by atoms with Crippen molar-refractivity contribution in [1.82, 2.24) is 9.66 Å². The third-order valence-electron chi connectivity index (χ3n) is 6.89. The van der Waals surface area contributed by atoms with Crippen molar-refractivity contribution >= 4 is 22.8 Å². The van der Waals surface area contributed by atoms with Crippen LogP contribution in [0, 0.1) is 24.0 Å². The molecule has 0 bridgehead atoms. The smallest absolute Gasteiger partial charge is 0.282 e. The van der Waals surface area contributed by atoms with Crippen LogP contribution < -0.4 is 10.3 Å². The van der Waals surface area contributed by atoms with E-state index in [1.54, 1.807) is 49.4 Å². The Morgan fingerprint density at radius 1 is 1.07 bits per heavy atom. The first-order valence-corrected chi connectivity index (χ1v) is 13.4. The molecule has 0 saturated heterocycles. The van der Waals surface area contributed by atoms with E-state index in [4.69, 9.17) is 14.1 Å². The van der Waals surface area contributed by atoms with Crippen molar-refractivity contribution in [2.75, 3.05) is 6.61 Å². The van der Waals surface area contributed by atoms with Gasteiger partial charge in [0.2, 0.25) is 0 Å². The molecule has 9 heteroatoms. The number of hydrogen-bond acceptors (Lipinski definition) is 7. The second kappa shape index (κ2) is 11.2. The zero-order valence-electron chi connectivity index (χ0n) is 23.5. The average molecular weight is 551 g/mol. The van der Waals surface area contributed by atoms with Gasteiger partial charge >= 0.3 is 0 Å². The molecule has 9 nitrogen and oxygen atoms in total. The fourth-order valence-electron chi connectivity index (χ4n) is 4.73. The highest BCUT2D eigenvalue weighted by atomic mass is 16.6. The highest BCUT2D eigenvalue weighted by Gasteiger charge is 2.19. The van der Waals surface area contributed by atoms with Crippen molar-refractivity contribution < 1.29 is 14.1 Å². The van der Waals surface area contributed by atoms with Gasteiger partial charge in [-0.3, -0.25) is 14.9 Å². The van der Waals surface area contributed by atoms with E-state index in [1.165, 1.54) is 17.0 Å². The van der Waals surface area contributed by atoms with Gasteiger partial charge in [0.05, 0.1) is 28.6 Å². The summed E-state index contributed by atoms with van der Waals surface area (Å²) in [4.78, 5) is 29.5. The number of rotatable bonds is 8. The minimum atomic E-state index is -0.418. The summed E-state index contributed by atoms with van der Waals surface area (Å²) in [5, 5.41) is 16.4. The van der Waals surface area contributed by atoms with Crippen molar-refractivity contribution in [2.24, 2.45) is 5.10 Å². The molecular formula is C32H30N4O5. The molecule has 0 aliphatic heterocycles. The fourth-order valence-corrected chi connectivity index (χ4v) is 4.73. The number of nitrogens with zero attached hydrogens (tertiary/aromatic N) is 4. The van der Waals surface area contributed by atoms with Crippen molar-refractivity contribution in [3.8, 4) is 28.5 Å². The lowest BCUT2D eigenvalue weighted by Crippen LogP contribution is -2.20. The van der Waals surface area contributed by atoms with E-state index >= 15 is 0 Å². The number of nitro benzene ring substituents is 1. The van der Waals surface area contributed by atoms with Crippen LogP contribution in [0.5, 0.6) is 5.75 Å². The zero-order valence-corrected chi connectivity index (χ0v) is 23.5. The first-order chi connectivity index (χ1) is 19.7. The molecule has 5 rings (SSSR count). The lowest BCUT2D eigenvalue weighted by Gasteiger charge is -2.18. The molecule has 3 aromatic carbocycles. The monoisotopic (exact) mass is 550 g/mol. The number of nitro groups is 1. The highest BCUT2D eigenvalue weighted by molar-refractivity contribution is 5.82. The summed E-state index contributed by atoms with van der Waals surface area (Å²) in [6, 6.07) is 19.5. The Morgan fingerprint density at radius 3 is 2.59 bits per heavy atom. The highest BCUT2D eigenvalue weighted by Crippen LogP contribution is 2.34. The van der Waals surface area contributed by atoms with Gasteiger partial charge in [-0.15, -0.1) is 0 Å². The molecule has 5 aromatic rings. The van der Waals surface area contributed by atoms with Gasteiger partial charge in [-0.25, -0.2) is 4.98 Å². The predicted octanol–water partition coefficient (Wildman–Crippen LogP) is 7.25. The molecular weight excluding hydrogens is 520 g/mol. The second-order valence-corrected chi connectivity index (χ2v) is 10.1. The lowest BCUT2D eigenvalue weighted by molar-refractivity contribution is -0.385. The minimum Gasteiger partial charge on any atom is -0.494 e. The largest absolute Gasteiger partial charge is 0.494 e. The third kappa shape index (κ3) is 5.38. The number of fused-ring (bicyclic) bond motifs is 1. The maximum Gasteiger partial charge on any atom is 0.282 e. The second-order valence-electron chi connectivity index (χ2n) is 10.1. The van der Waals surface area contributed by atoms with Crippen LogP contribution in [0.25, 0.3) is 33.6 Å². The normalized spacial score (nSPS) is 11.6. The molecule has 0 aliphatic carbocycles.